The van der Waals surface area contributed by atoms with Crippen LogP contribution in [0, 0.1) is 11.8 Å². The van der Waals surface area contributed by atoms with E-state index in [9.17, 15) is 0 Å². The molecule has 17 heavy (non-hydrogen) atoms. The Labute approximate surface area is 109 Å². The predicted molar refractivity (Wildman–Crippen MR) is 71.3 cm³/mol. The van der Waals surface area contributed by atoms with Gasteiger partial charge in [0.1, 0.15) is 5.15 Å². The van der Waals surface area contributed by atoms with Crippen molar-refractivity contribution in [3.63, 3.8) is 0 Å². The van der Waals surface area contributed by atoms with Crippen LogP contribution in [0.5, 0.6) is 0 Å². The van der Waals surface area contributed by atoms with Crippen molar-refractivity contribution in [2.75, 3.05) is 0 Å². The number of aromatic nitrogens is 1. The Morgan fingerprint density at radius 1 is 1.06 bits per heavy atom. The number of hydrogen-bond donors (Lipinski definition) is 0. The molecule has 0 amide bonds. The number of fused-ring (bicyclic) bond motifs is 1. The van der Waals surface area contributed by atoms with Crippen molar-refractivity contribution in [2.24, 2.45) is 11.8 Å². The molecule has 0 aromatic carbocycles. The van der Waals surface area contributed by atoms with Gasteiger partial charge in [0.25, 0.3) is 0 Å². The van der Waals surface area contributed by atoms with Gasteiger partial charge in [0, 0.05) is 6.20 Å². The van der Waals surface area contributed by atoms with Crippen molar-refractivity contribution in [3.05, 3.63) is 29.0 Å². The third kappa shape index (κ3) is 2.22. The van der Waals surface area contributed by atoms with E-state index in [1.807, 2.05) is 6.07 Å². The predicted octanol–water partition coefficient (Wildman–Crippen LogP) is 4.81. The molecule has 92 valence electrons. The van der Waals surface area contributed by atoms with Gasteiger partial charge >= 0.3 is 0 Å². The zero-order chi connectivity index (χ0) is 11.7. The molecule has 3 rings (SSSR count). The molecule has 3 unspecified atom stereocenters. The molecule has 3 atom stereocenters. The first-order valence-corrected chi connectivity index (χ1v) is 7.34. The smallest absolute Gasteiger partial charge is 0.132 e. The van der Waals surface area contributed by atoms with Crippen molar-refractivity contribution in [1.82, 2.24) is 4.98 Å². The van der Waals surface area contributed by atoms with Crippen LogP contribution < -0.4 is 0 Å². The van der Waals surface area contributed by atoms with Gasteiger partial charge in [-0.05, 0) is 42.2 Å². The Hall–Kier alpha value is -0.560. The Morgan fingerprint density at radius 3 is 2.76 bits per heavy atom. The summed E-state index contributed by atoms with van der Waals surface area (Å²) in [6.07, 6.45) is 11.6. The van der Waals surface area contributed by atoms with E-state index in [-0.39, 0.29) is 0 Å². The summed E-state index contributed by atoms with van der Waals surface area (Å²) >= 11 is 6.28. The Morgan fingerprint density at radius 2 is 1.88 bits per heavy atom. The first-order valence-electron chi connectivity index (χ1n) is 6.96. The first kappa shape index (κ1) is 11.5. The summed E-state index contributed by atoms with van der Waals surface area (Å²) < 4.78 is 0. The molecule has 1 heterocycles. The molecule has 0 bridgehead atoms. The van der Waals surface area contributed by atoms with Gasteiger partial charge in [0.15, 0.2) is 0 Å². The van der Waals surface area contributed by atoms with Crippen LogP contribution in [0.4, 0.5) is 0 Å². The van der Waals surface area contributed by atoms with Gasteiger partial charge in [-0.3, -0.25) is 0 Å². The highest BCUT2D eigenvalue weighted by molar-refractivity contribution is 6.30. The van der Waals surface area contributed by atoms with Gasteiger partial charge in [-0.1, -0.05) is 49.8 Å². The average molecular weight is 250 g/mol. The molecule has 2 aliphatic carbocycles. The molecule has 1 aromatic heterocycles. The SMILES string of the molecule is Clc1ncccc1C1CCCC2CCCCC21. The van der Waals surface area contributed by atoms with Crippen molar-refractivity contribution in [2.45, 2.75) is 50.9 Å². The number of rotatable bonds is 1. The molecular weight excluding hydrogens is 230 g/mol. The average Bonchev–Trinajstić information content (AvgIpc) is 2.39. The molecule has 0 spiro atoms. The van der Waals surface area contributed by atoms with Crippen LogP contribution in [-0.2, 0) is 0 Å². The third-order valence-electron chi connectivity index (χ3n) is 4.76. The Bertz CT molecular complexity index is 388. The van der Waals surface area contributed by atoms with Crippen LogP contribution >= 0.6 is 11.6 Å². The topological polar surface area (TPSA) is 12.9 Å². The lowest BCUT2D eigenvalue weighted by atomic mass is 9.64. The molecule has 0 radical (unpaired) electrons. The van der Waals surface area contributed by atoms with E-state index < -0.39 is 0 Å². The van der Waals surface area contributed by atoms with Crippen LogP contribution in [0.3, 0.4) is 0 Å². The standard InChI is InChI=1S/C15H20ClN/c16-15-14(9-4-10-17-15)13-8-3-6-11-5-1-2-7-12(11)13/h4,9-13H,1-3,5-8H2. The van der Waals surface area contributed by atoms with E-state index in [0.717, 1.165) is 17.0 Å². The van der Waals surface area contributed by atoms with Crippen molar-refractivity contribution in [3.8, 4) is 0 Å². The molecule has 2 aliphatic rings. The molecule has 2 saturated carbocycles. The lowest BCUT2D eigenvalue weighted by Crippen LogP contribution is -2.29. The number of pyridine rings is 1. The van der Waals surface area contributed by atoms with Crippen LogP contribution in [-0.4, -0.2) is 4.98 Å². The Kier molecular flexibility index (Phi) is 3.37. The monoisotopic (exact) mass is 249 g/mol. The second-order valence-corrected chi connectivity index (χ2v) is 5.99. The van der Waals surface area contributed by atoms with Crippen LogP contribution in [0.25, 0.3) is 0 Å². The fraction of sp³-hybridized carbons (Fsp3) is 0.667. The van der Waals surface area contributed by atoms with Crippen LogP contribution in [0.15, 0.2) is 18.3 Å². The van der Waals surface area contributed by atoms with Crippen LogP contribution in [0.1, 0.15) is 56.4 Å². The van der Waals surface area contributed by atoms with Crippen molar-refractivity contribution >= 4 is 11.6 Å². The van der Waals surface area contributed by atoms with E-state index in [1.54, 1.807) is 6.20 Å². The second kappa shape index (κ2) is 4.97. The summed E-state index contributed by atoms with van der Waals surface area (Å²) in [5, 5.41) is 0.740. The van der Waals surface area contributed by atoms with Gasteiger partial charge in [0.2, 0.25) is 0 Å². The summed E-state index contributed by atoms with van der Waals surface area (Å²) in [5.74, 6) is 2.51. The highest BCUT2D eigenvalue weighted by Gasteiger charge is 2.36. The van der Waals surface area contributed by atoms with Crippen molar-refractivity contribution < 1.29 is 0 Å². The maximum atomic E-state index is 6.28. The maximum absolute atomic E-state index is 6.28. The molecule has 0 saturated heterocycles. The Balaban J connectivity index is 1.88. The summed E-state index contributed by atoms with van der Waals surface area (Å²) in [4.78, 5) is 4.26. The lowest BCUT2D eigenvalue weighted by molar-refractivity contribution is 0.144. The van der Waals surface area contributed by atoms with E-state index >= 15 is 0 Å². The summed E-state index contributed by atoms with van der Waals surface area (Å²) in [6.45, 7) is 0. The van der Waals surface area contributed by atoms with E-state index in [2.05, 4.69) is 11.1 Å². The summed E-state index contributed by atoms with van der Waals surface area (Å²) in [5.41, 5.74) is 1.31. The number of halogens is 1. The highest BCUT2D eigenvalue weighted by Crippen LogP contribution is 2.49. The largest absolute Gasteiger partial charge is 0.244 e. The zero-order valence-corrected chi connectivity index (χ0v) is 11.0. The molecule has 2 heteroatoms. The van der Waals surface area contributed by atoms with Crippen molar-refractivity contribution in [1.29, 1.82) is 0 Å². The lowest BCUT2D eigenvalue weighted by Gasteiger charge is -2.41. The van der Waals surface area contributed by atoms with Gasteiger partial charge in [-0.25, -0.2) is 4.98 Å². The normalized spacial score (nSPS) is 33.1. The minimum absolute atomic E-state index is 0.676. The molecule has 2 fully saturated rings. The minimum atomic E-state index is 0.676. The molecule has 1 nitrogen and oxygen atoms in total. The summed E-state index contributed by atoms with van der Waals surface area (Å²) in [6, 6.07) is 4.23. The first-order chi connectivity index (χ1) is 8.36. The fourth-order valence-electron chi connectivity index (χ4n) is 4.00. The minimum Gasteiger partial charge on any atom is -0.244 e. The van der Waals surface area contributed by atoms with Crippen LogP contribution in [0.2, 0.25) is 5.15 Å². The van der Waals surface area contributed by atoms with Gasteiger partial charge in [-0.2, -0.15) is 0 Å². The zero-order valence-electron chi connectivity index (χ0n) is 10.2. The molecular formula is C15H20ClN. The van der Waals surface area contributed by atoms with Gasteiger partial charge in [-0.15, -0.1) is 0 Å². The molecule has 1 aromatic rings. The number of nitrogens with zero attached hydrogens (tertiary/aromatic N) is 1. The maximum Gasteiger partial charge on any atom is 0.132 e. The number of hydrogen-bond acceptors (Lipinski definition) is 1. The highest BCUT2D eigenvalue weighted by atomic mass is 35.5. The van der Waals surface area contributed by atoms with Gasteiger partial charge < -0.3 is 0 Å². The fourth-order valence-corrected chi connectivity index (χ4v) is 4.26. The molecule has 0 aliphatic heterocycles. The van der Waals surface area contributed by atoms with E-state index in [0.29, 0.717) is 5.92 Å². The summed E-state index contributed by atoms with van der Waals surface area (Å²) in [7, 11) is 0. The van der Waals surface area contributed by atoms with E-state index in [4.69, 9.17) is 11.6 Å². The third-order valence-corrected chi connectivity index (χ3v) is 5.08. The van der Waals surface area contributed by atoms with E-state index in [1.165, 1.54) is 50.5 Å². The van der Waals surface area contributed by atoms with Gasteiger partial charge in [0.05, 0.1) is 0 Å². The second-order valence-electron chi connectivity index (χ2n) is 5.63. The quantitative estimate of drug-likeness (QED) is 0.651. The molecule has 0 N–H and O–H groups in total.